The minimum absolute atomic E-state index is 0.183. The number of nitrogens with two attached hydrogens (primary N) is 1. The third-order valence-corrected chi connectivity index (χ3v) is 2.59. The van der Waals surface area contributed by atoms with Gasteiger partial charge in [-0.1, -0.05) is 31.5 Å². The van der Waals surface area contributed by atoms with E-state index < -0.39 is 0 Å². The van der Waals surface area contributed by atoms with Crippen molar-refractivity contribution in [3.8, 4) is 0 Å². The normalized spacial score (nSPS) is 13.2. The molecule has 3 heteroatoms. The summed E-state index contributed by atoms with van der Waals surface area (Å²) >= 11 is 6.02. The van der Waals surface area contributed by atoms with Gasteiger partial charge in [0.15, 0.2) is 0 Å². The zero-order valence-corrected chi connectivity index (χ0v) is 10.3. The third-order valence-electron chi connectivity index (χ3n) is 2.38. The van der Waals surface area contributed by atoms with E-state index in [9.17, 15) is 0 Å². The Balaban J connectivity index is 2.91. The van der Waals surface area contributed by atoms with E-state index in [1.54, 1.807) is 0 Å². The molecule has 0 aliphatic heterocycles. The van der Waals surface area contributed by atoms with Crippen LogP contribution in [0.15, 0.2) is 18.2 Å². The summed E-state index contributed by atoms with van der Waals surface area (Å²) in [6.45, 7) is 6.40. The van der Waals surface area contributed by atoms with Crippen molar-refractivity contribution in [2.45, 2.75) is 33.2 Å². The first-order valence-corrected chi connectivity index (χ1v) is 5.64. The van der Waals surface area contributed by atoms with Gasteiger partial charge in [-0.15, -0.1) is 0 Å². The summed E-state index contributed by atoms with van der Waals surface area (Å²) in [6, 6.07) is 6.23. The highest BCUT2D eigenvalue weighted by molar-refractivity contribution is 6.30. The van der Waals surface area contributed by atoms with Crippen LogP contribution in [0.1, 0.15) is 37.4 Å². The molecule has 2 nitrogen and oxygen atoms in total. The number of halogens is 1. The van der Waals surface area contributed by atoms with Gasteiger partial charge in [0, 0.05) is 11.1 Å². The Labute approximate surface area is 96.8 Å². The van der Waals surface area contributed by atoms with Crippen molar-refractivity contribution in [3.63, 3.8) is 0 Å². The van der Waals surface area contributed by atoms with Crippen LogP contribution in [-0.2, 0) is 0 Å². The molecule has 0 radical (unpaired) electrons. The molecule has 1 aromatic rings. The van der Waals surface area contributed by atoms with Gasteiger partial charge < -0.3 is 0 Å². The lowest BCUT2D eigenvalue weighted by Gasteiger charge is -2.19. The molecule has 0 aliphatic carbocycles. The van der Waals surface area contributed by atoms with Crippen molar-refractivity contribution in [2.24, 2.45) is 11.8 Å². The largest absolute Gasteiger partial charge is 0.271 e. The van der Waals surface area contributed by atoms with Gasteiger partial charge in [-0.3, -0.25) is 11.3 Å². The summed E-state index contributed by atoms with van der Waals surface area (Å²) in [5.41, 5.74) is 5.18. The number of nitrogens with one attached hydrogen (secondary N) is 1. The lowest BCUT2D eigenvalue weighted by atomic mass is 9.96. The van der Waals surface area contributed by atoms with E-state index in [1.165, 1.54) is 5.56 Å². The Morgan fingerprint density at radius 3 is 2.47 bits per heavy atom. The van der Waals surface area contributed by atoms with Crippen LogP contribution in [0.4, 0.5) is 0 Å². The summed E-state index contributed by atoms with van der Waals surface area (Å²) in [7, 11) is 0. The molecule has 0 spiro atoms. The predicted octanol–water partition coefficient (Wildman–Crippen LogP) is 3.20. The Hall–Kier alpha value is -0.570. The number of hydrogen-bond acceptors (Lipinski definition) is 2. The Kier molecular flexibility index (Phi) is 4.58. The van der Waals surface area contributed by atoms with Crippen molar-refractivity contribution < 1.29 is 0 Å². The van der Waals surface area contributed by atoms with Crippen molar-refractivity contribution in [1.82, 2.24) is 5.43 Å². The minimum Gasteiger partial charge on any atom is -0.271 e. The van der Waals surface area contributed by atoms with Crippen LogP contribution in [0, 0.1) is 12.8 Å². The van der Waals surface area contributed by atoms with Crippen molar-refractivity contribution in [3.05, 3.63) is 34.3 Å². The smallest absolute Gasteiger partial charge is 0.0463 e. The highest BCUT2D eigenvalue weighted by Gasteiger charge is 2.12. The SMILES string of the molecule is Cc1cc(Cl)cc(C(CC(C)C)NN)c1. The van der Waals surface area contributed by atoms with Crippen LogP contribution in [0.2, 0.25) is 5.02 Å². The van der Waals surface area contributed by atoms with Crippen molar-refractivity contribution >= 4 is 11.6 Å². The highest BCUT2D eigenvalue weighted by atomic mass is 35.5. The summed E-state index contributed by atoms with van der Waals surface area (Å²) in [5.74, 6) is 6.16. The van der Waals surface area contributed by atoms with Crippen LogP contribution in [-0.4, -0.2) is 0 Å². The quantitative estimate of drug-likeness (QED) is 0.611. The molecule has 0 heterocycles. The van der Waals surface area contributed by atoms with Crippen molar-refractivity contribution in [1.29, 1.82) is 0 Å². The topological polar surface area (TPSA) is 38.0 Å². The fourth-order valence-corrected chi connectivity index (χ4v) is 2.04. The van der Waals surface area contributed by atoms with E-state index >= 15 is 0 Å². The number of hydrazine groups is 1. The molecule has 0 amide bonds. The molecule has 1 aromatic carbocycles. The van der Waals surface area contributed by atoms with E-state index in [0.717, 1.165) is 17.0 Å². The summed E-state index contributed by atoms with van der Waals surface area (Å²) in [5, 5.41) is 0.772. The fourth-order valence-electron chi connectivity index (χ4n) is 1.74. The van der Waals surface area contributed by atoms with Gasteiger partial charge in [-0.05, 0) is 42.5 Å². The van der Waals surface area contributed by atoms with E-state index in [-0.39, 0.29) is 6.04 Å². The molecule has 0 saturated carbocycles. The van der Waals surface area contributed by atoms with Gasteiger partial charge in [0.25, 0.3) is 0 Å². The third kappa shape index (κ3) is 3.82. The van der Waals surface area contributed by atoms with Gasteiger partial charge >= 0.3 is 0 Å². The number of hydrogen-bond donors (Lipinski definition) is 2. The highest BCUT2D eigenvalue weighted by Crippen LogP contribution is 2.24. The Morgan fingerprint density at radius 1 is 1.33 bits per heavy atom. The fraction of sp³-hybridized carbons (Fsp3) is 0.500. The van der Waals surface area contributed by atoms with Gasteiger partial charge in [0.1, 0.15) is 0 Å². The van der Waals surface area contributed by atoms with E-state index in [0.29, 0.717) is 5.92 Å². The first-order chi connectivity index (χ1) is 7.02. The maximum Gasteiger partial charge on any atom is 0.0463 e. The number of aryl methyl sites for hydroxylation is 1. The molecular formula is C12H19ClN2. The van der Waals surface area contributed by atoms with Gasteiger partial charge in [-0.25, -0.2) is 0 Å². The summed E-state index contributed by atoms with van der Waals surface area (Å²) < 4.78 is 0. The lowest BCUT2D eigenvalue weighted by Crippen LogP contribution is -2.29. The predicted molar refractivity (Wildman–Crippen MR) is 65.7 cm³/mol. The molecule has 1 atom stereocenters. The van der Waals surface area contributed by atoms with Crippen molar-refractivity contribution in [2.75, 3.05) is 0 Å². The first kappa shape index (κ1) is 12.5. The van der Waals surface area contributed by atoms with Gasteiger partial charge in [-0.2, -0.15) is 0 Å². The maximum atomic E-state index is 6.02. The second-order valence-electron chi connectivity index (χ2n) is 4.41. The van der Waals surface area contributed by atoms with E-state index in [4.69, 9.17) is 17.4 Å². The van der Waals surface area contributed by atoms with Crippen LogP contribution in [0.3, 0.4) is 0 Å². The summed E-state index contributed by atoms with van der Waals surface area (Å²) in [4.78, 5) is 0. The zero-order chi connectivity index (χ0) is 11.4. The monoisotopic (exact) mass is 226 g/mol. The minimum atomic E-state index is 0.183. The van der Waals surface area contributed by atoms with E-state index in [2.05, 4.69) is 25.3 Å². The number of benzene rings is 1. The van der Waals surface area contributed by atoms with Crippen LogP contribution < -0.4 is 11.3 Å². The Bertz CT molecular complexity index is 303. The molecule has 3 N–H and O–H groups in total. The zero-order valence-electron chi connectivity index (χ0n) is 9.55. The molecule has 0 fully saturated rings. The Morgan fingerprint density at radius 2 is 2.00 bits per heavy atom. The molecule has 0 saturated heterocycles. The molecule has 0 aliphatic rings. The second-order valence-corrected chi connectivity index (χ2v) is 4.85. The standard InChI is InChI=1S/C12H19ClN2/c1-8(2)4-12(15-14)10-5-9(3)6-11(13)7-10/h5-8,12,15H,4,14H2,1-3H3. The summed E-state index contributed by atoms with van der Waals surface area (Å²) in [6.07, 6.45) is 1.01. The molecule has 0 aromatic heterocycles. The lowest BCUT2D eigenvalue weighted by molar-refractivity contribution is 0.438. The van der Waals surface area contributed by atoms with Gasteiger partial charge in [0.05, 0.1) is 0 Å². The maximum absolute atomic E-state index is 6.02. The van der Waals surface area contributed by atoms with Crippen LogP contribution in [0.25, 0.3) is 0 Å². The van der Waals surface area contributed by atoms with Crippen LogP contribution >= 0.6 is 11.6 Å². The van der Waals surface area contributed by atoms with Crippen LogP contribution in [0.5, 0.6) is 0 Å². The average molecular weight is 227 g/mol. The second kappa shape index (κ2) is 5.50. The van der Waals surface area contributed by atoms with Gasteiger partial charge in [0.2, 0.25) is 0 Å². The number of rotatable bonds is 4. The first-order valence-electron chi connectivity index (χ1n) is 5.26. The molecule has 1 unspecified atom stereocenters. The molecule has 1 rings (SSSR count). The van der Waals surface area contributed by atoms with E-state index in [1.807, 2.05) is 19.1 Å². The average Bonchev–Trinajstić information content (AvgIpc) is 2.12. The molecular weight excluding hydrogens is 208 g/mol. The molecule has 15 heavy (non-hydrogen) atoms. The molecule has 84 valence electrons. The molecule has 0 bridgehead atoms.